The molecule has 6 aromatic rings. The summed E-state index contributed by atoms with van der Waals surface area (Å²) in [5.41, 5.74) is 7.35. The zero-order chi connectivity index (χ0) is 32.2. The normalized spacial score (nSPS) is 11.0. The number of pyridine rings is 2. The molecule has 8 heteroatoms. The lowest BCUT2D eigenvalue weighted by Crippen LogP contribution is -2.35. The van der Waals surface area contributed by atoms with Gasteiger partial charge in [0.1, 0.15) is 11.5 Å². The fourth-order valence-corrected chi connectivity index (χ4v) is 5.79. The summed E-state index contributed by atoms with van der Waals surface area (Å²) in [4.78, 5) is 37.1. The van der Waals surface area contributed by atoms with Gasteiger partial charge in [-0.1, -0.05) is 36.4 Å². The third-order valence-electron chi connectivity index (χ3n) is 8.15. The van der Waals surface area contributed by atoms with Crippen LogP contribution in [0.2, 0.25) is 0 Å². The Balaban J connectivity index is 1.22. The second-order valence-corrected chi connectivity index (χ2v) is 10.9. The van der Waals surface area contributed by atoms with Crippen LogP contribution in [0.3, 0.4) is 0 Å². The van der Waals surface area contributed by atoms with Gasteiger partial charge in [-0.15, -0.1) is 0 Å². The van der Waals surface area contributed by atoms with Gasteiger partial charge in [0.05, 0.1) is 47.8 Å². The number of nitrogens with zero attached hydrogens (tertiary/aromatic N) is 2. The topological polar surface area (TPSA) is 102 Å². The molecular weight excluding hydrogens is 576 g/mol. The summed E-state index contributed by atoms with van der Waals surface area (Å²) >= 11 is 0. The summed E-state index contributed by atoms with van der Waals surface area (Å²) < 4.78 is 10.6. The van der Waals surface area contributed by atoms with E-state index in [1.165, 1.54) is 0 Å². The molecule has 2 aromatic heterocycles. The highest BCUT2D eigenvalue weighted by Gasteiger charge is 2.21. The van der Waals surface area contributed by atoms with Gasteiger partial charge in [0.25, 0.3) is 11.8 Å². The molecule has 2 heterocycles. The molecule has 2 amide bonds. The van der Waals surface area contributed by atoms with Gasteiger partial charge >= 0.3 is 0 Å². The van der Waals surface area contributed by atoms with Gasteiger partial charge in [0, 0.05) is 35.0 Å². The lowest BCUT2D eigenvalue weighted by atomic mass is 9.97. The number of carbonyl (C=O) groups is 2. The Morgan fingerprint density at radius 1 is 0.565 bits per heavy atom. The van der Waals surface area contributed by atoms with E-state index < -0.39 is 0 Å². The Bertz CT molecular complexity index is 1920. The maximum atomic E-state index is 13.7. The van der Waals surface area contributed by atoms with Crippen molar-refractivity contribution in [3.63, 3.8) is 0 Å². The van der Waals surface area contributed by atoms with E-state index >= 15 is 0 Å². The van der Waals surface area contributed by atoms with Crippen molar-refractivity contribution in [3.8, 4) is 34.0 Å². The predicted molar refractivity (Wildman–Crippen MR) is 182 cm³/mol. The smallest absolute Gasteiger partial charge is 0.252 e. The van der Waals surface area contributed by atoms with Crippen LogP contribution in [0.25, 0.3) is 44.3 Å². The molecule has 4 aromatic carbocycles. The van der Waals surface area contributed by atoms with E-state index in [0.29, 0.717) is 11.1 Å². The van der Waals surface area contributed by atoms with E-state index in [1.54, 1.807) is 14.2 Å². The number of ether oxygens (including phenoxy) is 2. The Morgan fingerprint density at radius 3 is 1.30 bits per heavy atom. The zero-order valence-electron chi connectivity index (χ0n) is 26.2. The summed E-state index contributed by atoms with van der Waals surface area (Å²) in [5, 5.41) is 7.55. The Morgan fingerprint density at radius 2 is 0.935 bits per heavy atom. The first-order chi connectivity index (χ1) is 22.4. The second kappa shape index (κ2) is 13.1. The zero-order valence-corrected chi connectivity index (χ0v) is 26.2. The Kier molecular flexibility index (Phi) is 8.61. The van der Waals surface area contributed by atoms with Crippen LogP contribution in [-0.2, 0) is 0 Å². The molecule has 230 valence electrons. The predicted octanol–water partition coefficient (Wildman–Crippen LogP) is 6.91. The molecule has 0 unspecified atom stereocenters. The molecule has 0 aliphatic carbocycles. The number of hydrogen-bond acceptors (Lipinski definition) is 6. The van der Waals surface area contributed by atoms with Crippen LogP contribution in [0.1, 0.15) is 31.8 Å². The van der Waals surface area contributed by atoms with Gasteiger partial charge in [-0.05, 0) is 85.6 Å². The van der Waals surface area contributed by atoms with E-state index in [0.717, 1.165) is 66.9 Å². The van der Waals surface area contributed by atoms with Crippen molar-refractivity contribution >= 4 is 33.6 Å². The van der Waals surface area contributed by atoms with E-state index in [9.17, 15) is 9.59 Å². The number of amides is 2. The maximum Gasteiger partial charge on any atom is 0.252 e. The van der Waals surface area contributed by atoms with Crippen LogP contribution < -0.4 is 20.1 Å². The third kappa shape index (κ3) is 5.85. The molecule has 0 aliphatic rings. The number of aromatic nitrogens is 2. The highest BCUT2D eigenvalue weighted by atomic mass is 16.5. The van der Waals surface area contributed by atoms with Crippen molar-refractivity contribution in [2.75, 3.05) is 27.3 Å². The first-order valence-electron chi connectivity index (χ1n) is 15.0. The molecule has 0 saturated heterocycles. The molecule has 0 atom stereocenters. The van der Waals surface area contributed by atoms with Gasteiger partial charge in [-0.25, -0.2) is 9.97 Å². The van der Waals surface area contributed by atoms with Crippen LogP contribution >= 0.6 is 0 Å². The van der Waals surface area contributed by atoms with E-state index in [1.807, 2.05) is 111 Å². The quantitative estimate of drug-likeness (QED) is 0.173. The van der Waals surface area contributed by atoms with Crippen molar-refractivity contribution < 1.29 is 19.1 Å². The summed E-state index contributed by atoms with van der Waals surface area (Å²) in [6, 6.07) is 30.5. The van der Waals surface area contributed by atoms with Gasteiger partial charge in [-0.2, -0.15) is 0 Å². The maximum absolute atomic E-state index is 13.7. The van der Waals surface area contributed by atoms with Crippen LogP contribution in [0, 0.1) is 13.8 Å². The number of hydrogen-bond donors (Lipinski definition) is 2. The first-order valence-corrected chi connectivity index (χ1v) is 15.0. The lowest BCUT2D eigenvalue weighted by Gasteiger charge is -2.16. The van der Waals surface area contributed by atoms with Gasteiger partial charge in [-0.3, -0.25) is 9.59 Å². The second-order valence-electron chi connectivity index (χ2n) is 10.9. The Hall–Kier alpha value is -5.76. The molecular formula is C38H34N4O4. The Labute approximate surface area is 267 Å². The molecule has 0 aliphatic heterocycles. The number of carbonyl (C=O) groups excluding carboxylic acids is 2. The number of rotatable bonds is 9. The molecule has 0 fully saturated rings. The monoisotopic (exact) mass is 610 g/mol. The van der Waals surface area contributed by atoms with Crippen molar-refractivity contribution in [1.29, 1.82) is 0 Å². The van der Waals surface area contributed by atoms with Crippen LogP contribution in [0.4, 0.5) is 0 Å². The SMILES string of the molecule is COc1ccc(-c2nc3ccccc3c(C(=O)NCCNC(=O)c3c(C)c(-c4ccc(OC)cc4)nc4ccccc34)c2C)cc1. The standard InChI is InChI=1S/C38H34N4O4/c1-23-33(29-9-5-7-11-31(29)41-35(23)25-13-17-27(45-3)18-14-25)37(43)39-21-22-40-38(44)34-24(2)36(26-15-19-28(46-4)20-16-26)42-32-12-8-6-10-30(32)34/h5-20H,21-22H2,1-4H3,(H,39,43)(H,40,44). The first kappa shape index (κ1) is 30.3. The van der Waals surface area contributed by atoms with Crippen molar-refractivity contribution in [2.45, 2.75) is 13.8 Å². The molecule has 6 rings (SSSR count). The lowest BCUT2D eigenvalue weighted by molar-refractivity contribution is 0.0928. The summed E-state index contributed by atoms with van der Waals surface area (Å²) in [7, 11) is 3.25. The molecule has 46 heavy (non-hydrogen) atoms. The van der Waals surface area contributed by atoms with Crippen molar-refractivity contribution in [2.24, 2.45) is 0 Å². The van der Waals surface area contributed by atoms with Gasteiger partial charge < -0.3 is 20.1 Å². The van der Waals surface area contributed by atoms with E-state index in [4.69, 9.17) is 19.4 Å². The minimum atomic E-state index is -0.229. The fourth-order valence-electron chi connectivity index (χ4n) is 5.79. The molecule has 2 N–H and O–H groups in total. The molecule has 0 saturated carbocycles. The van der Waals surface area contributed by atoms with Gasteiger partial charge in [0.15, 0.2) is 0 Å². The average molecular weight is 611 g/mol. The number of para-hydroxylation sites is 2. The highest BCUT2D eigenvalue weighted by Crippen LogP contribution is 2.32. The van der Waals surface area contributed by atoms with Crippen LogP contribution in [0.5, 0.6) is 11.5 Å². The largest absolute Gasteiger partial charge is 0.497 e. The van der Waals surface area contributed by atoms with E-state index in [-0.39, 0.29) is 24.9 Å². The minimum Gasteiger partial charge on any atom is -0.497 e. The molecule has 0 spiro atoms. The van der Waals surface area contributed by atoms with Gasteiger partial charge in [0.2, 0.25) is 0 Å². The third-order valence-corrected chi connectivity index (χ3v) is 8.15. The number of nitrogens with one attached hydrogen (secondary N) is 2. The highest BCUT2D eigenvalue weighted by molar-refractivity contribution is 6.10. The summed E-state index contributed by atoms with van der Waals surface area (Å²) in [5.74, 6) is 1.03. The number of benzene rings is 4. The summed E-state index contributed by atoms with van der Waals surface area (Å²) in [6.45, 7) is 4.30. The van der Waals surface area contributed by atoms with Crippen molar-refractivity contribution in [1.82, 2.24) is 20.6 Å². The number of fused-ring (bicyclic) bond motifs is 2. The van der Waals surface area contributed by atoms with Crippen LogP contribution in [-0.4, -0.2) is 49.1 Å². The van der Waals surface area contributed by atoms with Crippen LogP contribution in [0.15, 0.2) is 97.1 Å². The molecule has 0 bridgehead atoms. The summed E-state index contributed by atoms with van der Waals surface area (Å²) in [6.07, 6.45) is 0. The van der Waals surface area contributed by atoms with Crippen molar-refractivity contribution in [3.05, 3.63) is 119 Å². The fraction of sp³-hybridized carbons (Fsp3) is 0.158. The van der Waals surface area contributed by atoms with E-state index in [2.05, 4.69) is 10.6 Å². The molecule has 0 radical (unpaired) electrons. The minimum absolute atomic E-state index is 0.229. The molecule has 8 nitrogen and oxygen atoms in total. The number of methoxy groups -OCH3 is 2. The average Bonchev–Trinajstić information content (AvgIpc) is 3.09.